The van der Waals surface area contributed by atoms with Crippen LogP contribution in [0.4, 0.5) is 0 Å². The Hall–Kier alpha value is 1.85. The molecule has 5 unspecified atom stereocenters. The van der Waals surface area contributed by atoms with Crippen molar-refractivity contribution < 1.29 is 13.3 Å². The fourth-order valence-corrected chi connectivity index (χ4v) is 17.4. The summed E-state index contributed by atoms with van der Waals surface area (Å²) in [4.78, 5) is 0. The van der Waals surface area contributed by atoms with E-state index in [2.05, 4.69) is 21.6 Å². The summed E-state index contributed by atoms with van der Waals surface area (Å²) in [6.07, 6.45) is 4.03. The van der Waals surface area contributed by atoms with Crippen molar-refractivity contribution in [2.45, 2.75) is 35.8 Å². The molecule has 3 nitrogen and oxygen atoms in total. The molecule has 21 heavy (non-hydrogen) atoms. The van der Waals surface area contributed by atoms with Crippen molar-refractivity contribution in [1.82, 2.24) is 0 Å². The van der Waals surface area contributed by atoms with Crippen LogP contribution in [0.5, 0.6) is 0 Å². The molecule has 1 heterocycles. The van der Waals surface area contributed by atoms with Crippen molar-refractivity contribution in [2.75, 3.05) is 21.3 Å². The van der Waals surface area contributed by atoms with E-state index in [0.29, 0.717) is 0 Å². The van der Waals surface area contributed by atoms with Gasteiger partial charge in [0.05, 0.1) is 0 Å². The van der Waals surface area contributed by atoms with E-state index in [1.165, 1.54) is 19.3 Å². The summed E-state index contributed by atoms with van der Waals surface area (Å²) >= 11 is 0. The van der Waals surface area contributed by atoms with Gasteiger partial charge in [-0.15, -0.1) is 0 Å². The lowest BCUT2D eigenvalue weighted by atomic mass is 9.86. The lowest BCUT2D eigenvalue weighted by molar-refractivity contribution is 0.120. The number of hydrogen-bond donors (Lipinski definition) is 0. The van der Waals surface area contributed by atoms with Crippen LogP contribution < -0.4 is 0 Å². The van der Waals surface area contributed by atoms with E-state index in [1.54, 1.807) is 21.3 Å². The second kappa shape index (κ2) is 7.82. The van der Waals surface area contributed by atoms with Crippen LogP contribution in [-0.4, -0.2) is 40.6 Å². The zero-order chi connectivity index (χ0) is 14.9. The fraction of sp³-hybridized carbons (Fsp3) is 1.00. The van der Waals surface area contributed by atoms with Gasteiger partial charge in [-0.05, 0) is 66.5 Å². The van der Waals surface area contributed by atoms with Crippen molar-refractivity contribution in [3.63, 3.8) is 0 Å². The summed E-state index contributed by atoms with van der Waals surface area (Å²) < 4.78 is 16.7. The molecule has 0 amide bonds. The van der Waals surface area contributed by atoms with E-state index in [0.717, 1.165) is 34.3 Å². The van der Waals surface area contributed by atoms with Gasteiger partial charge in [0.25, 0.3) is 0 Å². The summed E-state index contributed by atoms with van der Waals surface area (Å²) in [7, 11) is 12.9. The SMILES string of the molecule is CO[Si](CCC1CC2CC1C1SSSSSC21)(OC)OC. The lowest BCUT2D eigenvalue weighted by Gasteiger charge is -2.34. The summed E-state index contributed by atoms with van der Waals surface area (Å²) in [6.45, 7) is 0. The number of fused-ring (bicyclic) bond motifs is 5. The highest BCUT2D eigenvalue weighted by molar-refractivity contribution is 9.36. The topological polar surface area (TPSA) is 27.7 Å². The molecule has 1 saturated heterocycles. The fourth-order valence-electron chi connectivity index (χ4n) is 4.03. The smallest absolute Gasteiger partial charge is 0.377 e. The third-order valence-electron chi connectivity index (χ3n) is 5.11. The molecule has 2 aliphatic carbocycles. The van der Waals surface area contributed by atoms with Gasteiger partial charge in [0.1, 0.15) is 0 Å². The highest BCUT2D eigenvalue weighted by Gasteiger charge is 2.54. The maximum atomic E-state index is 5.58. The summed E-state index contributed by atoms with van der Waals surface area (Å²) in [5.41, 5.74) is 0. The minimum Gasteiger partial charge on any atom is -0.377 e. The van der Waals surface area contributed by atoms with E-state index in [9.17, 15) is 0 Å². The first-order valence-electron chi connectivity index (χ1n) is 7.20. The molecule has 1 aliphatic heterocycles. The predicted molar refractivity (Wildman–Crippen MR) is 101 cm³/mol. The van der Waals surface area contributed by atoms with E-state index < -0.39 is 8.80 Å². The molecule has 2 saturated carbocycles. The van der Waals surface area contributed by atoms with Crippen molar-refractivity contribution in [2.24, 2.45) is 17.8 Å². The molecule has 3 fully saturated rings. The average molecular weight is 403 g/mol. The predicted octanol–water partition coefficient (Wildman–Crippen LogP) is 4.99. The Morgan fingerprint density at radius 3 is 2.24 bits per heavy atom. The Labute approximate surface area is 147 Å². The van der Waals surface area contributed by atoms with E-state index >= 15 is 0 Å². The van der Waals surface area contributed by atoms with Crippen LogP contribution in [0, 0.1) is 17.8 Å². The minimum absolute atomic E-state index is 0.838. The third kappa shape index (κ3) is 3.61. The van der Waals surface area contributed by atoms with Gasteiger partial charge in [0, 0.05) is 37.9 Å². The Morgan fingerprint density at radius 2 is 1.57 bits per heavy atom. The number of rotatable bonds is 6. The molecule has 0 N–H and O–H groups in total. The molecule has 0 aromatic rings. The molecule has 9 heteroatoms. The van der Waals surface area contributed by atoms with Gasteiger partial charge in [-0.2, -0.15) is 0 Å². The highest BCUT2D eigenvalue weighted by atomic mass is 33.8. The monoisotopic (exact) mass is 402 g/mol. The van der Waals surface area contributed by atoms with Gasteiger partial charge in [-0.3, -0.25) is 0 Å². The van der Waals surface area contributed by atoms with Gasteiger partial charge in [-0.1, -0.05) is 21.6 Å². The van der Waals surface area contributed by atoms with Gasteiger partial charge < -0.3 is 13.3 Å². The maximum Gasteiger partial charge on any atom is 0.500 e. The molecule has 2 bridgehead atoms. The van der Waals surface area contributed by atoms with Crippen LogP contribution in [0.3, 0.4) is 0 Å². The maximum absolute atomic E-state index is 5.58. The third-order valence-corrected chi connectivity index (χ3v) is 17.6. The van der Waals surface area contributed by atoms with E-state index in [1.807, 2.05) is 29.5 Å². The average Bonchev–Trinajstić information content (AvgIpc) is 2.97. The van der Waals surface area contributed by atoms with Crippen molar-refractivity contribution in [3.05, 3.63) is 0 Å². The van der Waals surface area contributed by atoms with Gasteiger partial charge in [0.2, 0.25) is 0 Å². The second-order valence-corrected chi connectivity index (χ2v) is 16.8. The zero-order valence-corrected chi connectivity index (χ0v) is 17.6. The van der Waals surface area contributed by atoms with E-state index in [-0.39, 0.29) is 0 Å². The molecule has 3 rings (SSSR count). The molecular weight excluding hydrogens is 381 g/mol. The molecule has 0 spiro atoms. The normalized spacial score (nSPS) is 39.3. The summed E-state index contributed by atoms with van der Waals surface area (Å²) in [5, 5.41) is 1.72. The Bertz CT molecular complexity index is 352. The first kappa shape index (κ1) is 17.7. The highest BCUT2D eigenvalue weighted by Crippen LogP contribution is 2.67. The van der Waals surface area contributed by atoms with Crippen LogP contribution in [-0.2, 0) is 13.3 Å². The molecule has 5 atom stereocenters. The zero-order valence-electron chi connectivity index (χ0n) is 12.5. The Morgan fingerprint density at radius 1 is 0.905 bits per heavy atom. The molecule has 0 aromatic carbocycles. The summed E-state index contributed by atoms with van der Waals surface area (Å²) in [6, 6.07) is 0.955. The van der Waals surface area contributed by atoms with Crippen molar-refractivity contribution in [3.8, 4) is 0 Å². The first-order valence-corrected chi connectivity index (χ1v) is 15.4. The van der Waals surface area contributed by atoms with Gasteiger partial charge in [0.15, 0.2) is 0 Å². The largest absolute Gasteiger partial charge is 0.500 e. The molecule has 3 aliphatic rings. The molecule has 0 radical (unpaired) electrons. The standard InChI is InChI=1S/C12H22O3S5Si/c1-13-21(14-2,15-3)5-4-8-6-9-7-10(8)12-11(9)16-18-20-19-17-12/h8-12H,4-7H2,1-3H3. The van der Waals surface area contributed by atoms with Crippen molar-refractivity contribution >= 4 is 59.9 Å². The molecular formula is C12H22O3S5Si. The van der Waals surface area contributed by atoms with Crippen molar-refractivity contribution in [1.29, 1.82) is 0 Å². The second-order valence-electron chi connectivity index (χ2n) is 5.82. The van der Waals surface area contributed by atoms with E-state index in [4.69, 9.17) is 13.3 Å². The quantitative estimate of drug-likeness (QED) is 0.453. The van der Waals surface area contributed by atoms with Crippen LogP contribution in [0.1, 0.15) is 19.3 Å². The van der Waals surface area contributed by atoms with Gasteiger partial charge >= 0.3 is 8.80 Å². The Balaban J connectivity index is 1.59. The Kier molecular flexibility index (Phi) is 6.58. The lowest BCUT2D eigenvalue weighted by Crippen LogP contribution is -2.43. The number of hydrogen-bond acceptors (Lipinski definition) is 8. The van der Waals surface area contributed by atoms with Gasteiger partial charge in [-0.25, -0.2) is 0 Å². The molecule has 0 aromatic heterocycles. The minimum atomic E-state index is -2.39. The molecule has 122 valence electrons. The van der Waals surface area contributed by atoms with Crippen LogP contribution in [0.15, 0.2) is 0 Å². The van der Waals surface area contributed by atoms with Crippen LogP contribution in [0.2, 0.25) is 6.04 Å². The van der Waals surface area contributed by atoms with Crippen LogP contribution in [0.25, 0.3) is 0 Å². The summed E-state index contributed by atoms with van der Waals surface area (Å²) in [5.74, 6) is 2.66. The first-order chi connectivity index (χ1) is 10.2. The van der Waals surface area contributed by atoms with Crippen LogP contribution >= 0.6 is 51.1 Å².